The Morgan fingerprint density at radius 1 is 1.36 bits per heavy atom. The Morgan fingerprint density at radius 3 is 3.00 bits per heavy atom. The van der Waals surface area contributed by atoms with Crippen LogP contribution >= 0.6 is 0 Å². The Labute approximate surface area is 149 Å². The molecule has 0 N–H and O–H groups in total. The van der Waals surface area contributed by atoms with Crippen molar-refractivity contribution in [2.45, 2.75) is 39.2 Å². The molecule has 2 fully saturated rings. The van der Waals surface area contributed by atoms with Crippen LogP contribution in [0.25, 0.3) is 0 Å². The van der Waals surface area contributed by atoms with Crippen LogP contribution in [-0.4, -0.2) is 59.4 Å². The molecule has 1 aromatic heterocycles. The number of aromatic nitrogens is 1. The van der Waals surface area contributed by atoms with Gasteiger partial charge in [0.05, 0.1) is 0 Å². The van der Waals surface area contributed by atoms with Crippen molar-refractivity contribution < 1.29 is 14.3 Å². The second kappa shape index (κ2) is 7.95. The monoisotopic (exact) mass is 345 g/mol. The molecule has 6 nitrogen and oxygen atoms in total. The van der Waals surface area contributed by atoms with Crippen molar-refractivity contribution in [2.24, 2.45) is 5.41 Å². The Kier molecular flexibility index (Phi) is 5.68. The van der Waals surface area contributed by atoms with Crippen molar-refractivity contribution >= 4 is 11.8 Å². The Bertz CT molecular complexity index is 607. The van der Waals surface area contributed by atoms with Crippen molar-refractivity contribution in [3.63, 3.8) is 0 Å². The van der Waals surface area contributed by atoms with Crippen molar-refractivity contribution in [3.05, 3.63) is 30.1 Å². The summed E-state index contributed by atoms with van der Waals surface area (Å²) in [6, 6.07) is 3.90. The number of amides is 2. The highest BCUT2D eigenvalue weighted by Crippen LogP contribution is 2.39. The summed E-state index contributed by atoms with van der Waals surface area (Å²) in [6.45, 7) is 5.46. The van der Waals surface area contributed by atoms with Gasteiger partial charge in [0.25, 0.3) is 0 Å². The van der Waals surface area contributed by atoms with Crippen LogP contribution in [0.4, 0.5) is 0 Å². The molecule has 2 aliphatic heterocycles. The maximum atomic E-state index is 12.4. The molecule has 0 radical (unpaired) electrons. The van der Waals surface area contributed by atoms with E-state index in [1.54, 1.807) is 6.20 Å². The first kappa shape index (κ1) is 17.9. The number of nitrogens with zero attached hydrogens (tertiary/aromatic N) is 3. The molecule has 25 heavy (non-hydrogen) atoms. The van der Waals surface area contributed by atoms with Crippen LogP contribution in [0.1, 0.15) is 38.2 Å². The summed E-state index contributed by atoms with van der Waals surface area (Å²) in [5, 5.41) is 0. The van der Waals surface area contributed by atoms with Gasteiger partial charge in [-0.1, -0.05) is 6.07 Å². The molecular formula is C19H27N3O3. The summed E-state index contributed by atoms with van der Waals surface area (Å²) in [4.78, 5) is 32.7. The lowest BCUT2D eigenvalue weighted by Gasteiger charge is -2.48. The predicted molar refractivity (Wildman–Crippen MR) is 93.6 cm³/mol. The molecule has 0 unspecified atom stereocenters. The van der Waals surface area contributed by atoms with Crippen molar-refractivity contribution in [1.29, 1.82) is 0 Å². The van der Waals surface area contributed by atoms with Crippen LogP contribution in [0.5, 0.6) is 0 Å². The number of carbonyl (C=O) groups excluding carboxylic acids is 2. The molecule has 1 aromatic rings. The fourth-order valence-corrected chi connectivity index (χ4v) is 3.99. The van der Waals surface area contributed by atoms with Crippen LogP contribution in [0.2, 0.25) is 0 Å². The first-order valence-electron chi connectivity index (χ1n) is 9.14. The zero-order valence-corrected chi connectivity index (χ0v) is 14.9. The molecule has 3 rings (SSSR count). The molecule has 2 aliphatic rings. The summed E-state index contributed by atoms with van der Waals surface area (Å²) in [7, 11) is 0. The molecule has 6 heteroatoms. The molecule has 0 aliphatic carbocycles. The normalized spacial score (nSPS) is 24.0. The summed E-state index contributed by atoms with van der Waals surface area (Å²) < 4.78 is 5.28. The minimum absolute atomic E-state index is 0.0241. The molecule has 1 spiro atoms. The van der Waals surface area contributed by atoms with Gasteiger partial charge < -0.3 is 14.5 Å². The average Bonchev–Trinajstić information content (AvgIpc) is 2.64. The highest BCUT2D eigenvalue weighted by atomic mass is 16.5. The number of hydrogen-bond donors (Lipinski definition) is 0. The minimum atomic E-state index is 0.0241. The maximum Gasteiger partial charge on any atom is 0.248 e. The first-order chi connectivity index (χ1) is 12.1. The smallest absolute Gasteiger partial charge is 0.248 e. The van der Waals surface area contributed by atoms with Gasteiger partial charge in [-0.3, -0.25) is 14.6 Å². The zero-order valence-electron chi connectivity index (χ0n) is 14.9. The fraction of sp³-hybridized carbons (Fsp3) is 0.632. The lowest BCUT2D eigenvalue weighted by molar-refractivity contribution is -0.145. The first-order valence-corrected chi connectivity index (χ1v) is 9.14. The van der Waals surface area contributed by atoms with Crippen LogP contribution in [-0.2, 0) is 20.9 Å². The number of hydrogen-bond acceptors (Lipinski definition) is 4. The standard InChI is InChI=1S/C19H27N3O3/c1-2-25-13-18(24)21-10-4-7-19(14-21)8-6-17(23)22(15-19)12-16-5-3-9-20-11-16/h3,5,9,11H,2,4,6-8,10,12-15H2,1H3/t19-/m0/s1. The minimum Gasteiger partial charge on any atom is -0.372 e. The van der Waals surface area contributed by atoms with Crippen molar-refractivity contribution in [2.75, 3.05) is 32.8 Å². The van der Waals surface area contributed by atoms with Gasteiger partial charge in [0.1, 0.15) is 6.61 Å². The number of ether oxygens (including phenoxy) is 1. The van der Waals surface area contributed by atoms with E-state index in [4.69, 9.17) is 4.74 Å². The van der Waals surface area contributed by atoms with E-state index in [2.05, 4.69) is 4.98 Å². The molecule has 0 saturated carbocycles. The fourth-order valence-electron chi connectivity index (χ4n) is 3.99. The molecule has 0 aromatic carbocycles. The largest absolute Gasteiger partial charge is 0.372 e. The Balaban J connectivity index is 1.66. The SMILES string of the molecule is CCOCC(=O)N1CCC[C@]2(CCC(=O)N(Cc3cccnc3)C2)C1. The molecule has 136 valence electrons. The van der Waals surface area contributed by atoms with Gasteiger partial charge in [-0.25, -0.2) is 0 Å². The topological polar surface area (TPSA) is 62.7 Å². The molecule has 1 atom stereocenters. The number of piperidine rings is 2. The van der Waals surface area contributed by atoms with Crippen molar-refractivity contribution in [3.8, 4) is 0 Å². The average molecular weight is 345 g/mol. The predicted octanol–water partition coefficient (Wildman–Crippen LogP) is 1.85. The van der Waals surface area contributed by atoms with E-state index in [0.29, 0.717) is 19.6 Å². The van der Waals surface area contributed by atoms with E-state index in [0.717, 1.165) is 44.5 Å². The second-order valence-corrected chi connectivity index (χ2v) is 7.17. The highest BCUT2D eigenvalue weighted by Gasteiger charge is 2.42. The quantitative estimate of drug-likeness (QED) is 0.817. The van der Waals surface area contributed by atoms with Gasteiger partial charge in [0.2, 0.25) is 11.8 Å². The summed E-state index contributed by atoms with van der Waals surface area (Å²) in [5.74, 6) is 0.267. The van der Waals surface area contributed by atoms with Gasteiger partial charge >= 0.3 is 0 Å². The molecular weight excluding hydrogens is 318 g/mol. The van der Waals surface area contributed by atoms with Gasteiger partial charge in [0.15, 0.2) is 0 Å². The lowest BCUT2D eigenvalue weighted by atomic mass is 9.73. The summed E-state index contributed by atoms with van der Waals surface area (Å²) >= 11 is 0. The van der Waals surface area contributed by atoms with Crippen molar-refractivity contribution in [1.82, 2.24) is 14.8 Å². The van der Waals surface area contributed by atoms with Crippen LogP contribution in [0, 0.1) is 5.41 Å². The van der Waals surface area contributed by atoms with Crippen LogP contribution in [0.15, 0.2) is 24.5 Å². The third-order valence-electron chi connectivity index (χ3n) is 5.29. The lowest BCUT2D eigenvalue weighted by Crippen LogP contribution is -2.55. The van der Waals surface area contributed by atoms with E-state index in [1.165, 1.54) is 0 Å². The van der Waals surface area contributed by atoms with E-state index >= 15 is 0 Å². The van der Waals surface area contributed by atoms with E-state index in [9.17, 15) is 9.59 Å². The number of pyridine rings is 1. The van der Waals surface area contributed by atoms with Crippen LogP contribution in [0.3, 0.4) is 0 Å². The Morgan fingerprint density at radius 2 is 2.24 bits per heavy atom. The molecule has 3 heterocycles. The van der Waals surface area contributed by atoms with E-state index in [-0.39, 0.29) is 23.8 Å². The molecule has 0 bridgehead atoms. The maximum absolute atomic E-state index is 12.4. The third kappa shape index (κ3) is 4.37. The molecule has 2 amide bonds. The summed E-state index contributed by atoms with van der Waals surface area (Å²) in [5.41, 5.74) is 1.07. The number of likely N-dealkylation sites (tertiary alicyclic amines) is 2. The van der Waals surface area contributed by atoms with E-state index < -0.39 is 0 Å². The van der Waals surface area contributed by atoms with E-state index in [1.807, 2.05) is 35.1 Å². The molecule has 2 saturated heterocycles. The highest BCUT2D eigenvalue weighted by molar-refractivity contribution is 5.78. The number of carbonyl (C=O) groups is 2. The van der Waals surface area contributed by atoms with Gasteiger partial charge in [-0.2, -0.15) is 0 Å². The van der Waals surface area contributed by atoms with Gasteiger partial charge in [0, 0.05) is 57.0 Å². The van der Waals surface area contributed by atoms with Gasteiger partial charge in [-0.05, 0) is 37.8 Å². The zero-order chi connectivity index (χ0) is 17.7. The van der Waals surface area contributed by atoms with Gasteiger partial charge in [-0.15, -0.1) is 0 Å². The second-order valence-electron chi connectivity index (χ2n) is 7.17. The summed E-state index contributed by atoms with van der Waals surface area (Å²) in [6.07, 6.45) is 7.05. The Hall–Kier alpha value is -1.95. The third-order valence-corrected chi connectivity index (χ3v) is 5.29. The van der Waals surface area contributed by atoms with Crippen LogP contribution < -0.4 is 0 Å². The number of rotatable bonds is 5.